The molecule has 2 aliphatic heterocycles. The van der Waals surface area contributed by atoms with Crippen LogP contribution in [0.5, 0.6) is 0 Å². The largest absolute Gasteiger partial charge is 0.362 e. The first kappa shape index (κ1) is 31.2. The minimum Gasteiger partial charge on any atom is -0.362 e. The molecule has 0 bridgehead atoms. The van der Waals surface area contributed by atoms with Crippen LogP contribution in [-0.4, -0.2) is 5.71 Å². The van der Waals surface area contributed by atoms with Crippen molar-refractivity contribution >= 4 is 23.0 Å². The Morgan fingerprint density at radius 1 is 0.750 bits per heavy atom. The average molecular weight is 695 g/mol. The summed E-state index contributed by atoms with van der Waals surface area (Å²) in [7, 11) is 0. The van der Waals surface area contributed by atoms with E-state index in [0.717, 1.165) is 5.71 Å². The molecule has 1 saturated carbocycles. The SMILES string of the molecule is CC1(C)C2=CC3C(C=C2c2cc(-c4ccc(C5=NC(c6ccccc6)NC6=C5SC5=CCCCC56)cc4)ccc21)c1ccccc1C31CCCCC1. The number of allylic oxidation sites excluding steroid dienone is 7. The molecule has 0 radical (unpaired) electrons. The molecule has 0 saturated heterocycles. The van der Waals surface area contributed by atoms with Crippen molar-refractivity contribution in [3.05, 3.63) is 170 Å². The summed E-state index contributed by atoms with van der Waals surface area (Å²) in [5.74, 6) is 1.52. The van der Waals surface area contributed by atoms with E-state index in [0.29, 0.717) is 23.2 Å². The van der Waals surface area contributed by atoms with Crippen LogP contribution in [0.15, 0.2) is 141 Å². The maximum Gasteiger partial charge on any atom is 0.145 e. The van der Waals surface area contributed by atoms with Gasteiger partial charge < -0.3 is 5.32 Å². The van der Waals surface area contributed by atoms with Crippen LogP contribution in [0.4, 0.5) is 0 Å². The first-order chi connectivity index (χ1) is 25.5. The standard InChI is InChI=1S/C49H46N2S/c1-48(2)39-24-23-33(27-36(39)38-28-37-34-15-7-9-17-40(34)49(25-11-4-12-26-49)42(37)29-41(38)48)30-19-21-31(22-20-30)44-46-45(35-16-8-10-18-43(35)52-46)51-47(50-44)32-13-5-3-6-14-32/h3,5-7,9,13-15,17-24,27-29,35,37,42,47,51H,4,8,10-12,16,25-26H2,1-2H3. The normalized spacial score (nSPS) is 27.2. The Kier molecular flexibility index (Phi) is 6.95. The number of hydrogen-bond acceptors (Lipinski definition) is 3. The Bertz CT molecular complexity index is 2290. The Morgan fingerprint density at radius 2 is 1.52 bits per heavy atom. The van der Waals surface area contributed by atoms with Crippen LogP contribution in [0.2, 0.25) is 0 Å². The summed E-state index contributed by atoms with van der Waals surface area (Å²) < 4.78 is 0. The van der Waals surface area contributed by atoms with Crippen LogP contribution in [0.1, 0.15) is 111 Å². The maximum absolute atomic E-state index is 5.39. The van der Waals surface area contributed by atoms with E-state index in [1.165, 1.54) is 106 Å². The highest BCUT2D eigenvalue weighted by Crippen LogP contribution is 2.64. The zero-order valence-corrected chi connectivity index (χ0v) is 31.1. The molecule has 5 aliphatic carbocycles. The van der Waals surface area contributed by atoms with Crippen molar-refractivity contribution in [3.63, 3.8) is 0 Å². The van der Waals surface area contributed by atoms with Crippen LogP contribution < -0.4 is 5.32 Å². The van der Waals surface area contributed by atoms with Gasteiger partial charge >= 0.3 is 0 Å². The van der Waals surface area contributed by atoms with Crippen molar-refractivity contribution in [2.45, 2.75) is 88.1 Å². The number of nitrogens with one attached hydrogen (secondary N) is 1. The second-order valence-corrected chi connectivity index (χ2v) is 17.9. The lowest BCUT2D eigenvalue weighted by atomic mass is 9.62. The first-order valence-corrected chi connectivity index (χ1v) is 20.6. The first-order valence-electron chi connectivity index (χ1n) is 19.8. The summed E-state index contributed by atoms with van der Waals surface area (Å²) >= 11 is 1.95. The Labute approximate surface area is 312 Å². The number of rotatable bonds is 3. The van der Waals surface area contributed by atoms with Crippen molar-refractivity contribution < 1.29 is 0 Å². The van der Waals surface area contributed by atoms with Crippen molar-refractivity contribution in [1.29, 1.82) is 0 Å². The fourth-order valence-corrected chi connectivity index (χ4v) is 12.7. The molecule has 52 heavy (non-hydrogen) atoms. The summed E-state index contributed by atoms with van der Waals surface area (Å²) in [5.41, 5.74) is 17.0. The van der Waals surface area contributed by atoms with Crippen LogP contribution in [0.25, 0.3) is 16.7 Å². The Morgan fingerprint density at radius 3 is 2.37 bits per heavy atom. The van der Waals surface area contributed by atoms with Crippen molar-refractivity contribution in [1.82, 2.24) is 5.32 Å². The molecule has 4 unspecified atom stereocenters. The van der Waals surface area contributed by atoms with E-state index < -0.39 is 0 Å². The summed E-state index contributed by atoms with van der Waals surface area (Å²) in [6, 6.07) is 36.8. The molecule has 1 N–H and O–H groups in total. The third kappa shape index (κ3) is 4.47. The summed E-state index contributed by atoms with van der Waals surface area (Å²) in [6.07, 6.45) is 18.3. The third-order valence-electron chi connectivity index (χ3n) is 13.8. The number of thioether (sulfide) groups is 1. The molecule has 0 amide bonds. The highest BCUT2D eigenvalue weighted by Gasteiger charge is 2.54. The molecule has 2 nitrogen and oxygen atoms in total. The van der Waals surface area contributed by atoms with Gasteiger partial charge in [-0.3, -0.25) is 4.99 Å². The number of benzene rings is 4. The molecule has 1 spiro atoms. The molecule has 4 atom stereocenters. The summed E-state index contributed by atoms with van der Waals surface area (Å²) in [4.78, 5) is 8.22. The number of hydrogen-bond donors (Lipinski definition) is 1. The second kappa shape index (κ2) is 11.6. The highest BCUT2D eigenvalue weighted by atomic mass is 32.2. The molecule has 3 heteroatoms. The van der Waals surface area contributed by atoms with E-state index in [1.807, 2.05) is 11.8 Å². The van der Waals surface area contributed by atoms with Gasteiger partial charge in [-0.25, -0.2) is 0 Å². The smallest absolute Gasteiger partial charge is 0.145 e. The molecular weight excluding hydrogens is 649 g/mol. The van der Waals surface area contributed by atoms with Gasteiger partial charge in [0.1, 0.15) is 6.17 Å². The number of aliphatic imine (C=N–C) groups is 1. The summed E-state index contributed by atoms with van der Waals surface area (Å²) in [6.45, 7) is 4.92. The second-order valence-electron chi connectivity index (χ2n) is 16.8. The third-order valence-corrected chi connectivity index (χ3v) is 15.1. The average Bonchev–Trinajstić information content (AvgIpc) is 3.78. The lowest BCUT2D eigenvalue weighted by Gasteiger charge is -2.42. The van der Waals surface area contributed by atoms with Gasteiger partial charge in [-0.2, -0.15) is 0 Å². The predicted molar refractivity (Wildman–Crippen MR) is 217 cm³/mol. The fourth-order valence-electron chi connectivity index (χ4n) is 11.3. The van der Waals surface area contributed by atoms with Gasteiger partial charge in [0.25, 0.3) is 0 Å². The lowest BCUT2D eigenvalue weighted by Crippen LogP contribution is -2.35. The minimum atomic E-state index is -0.0676. The van der Waals surface area contributed by atoms with E-state index in [4.69, 9.17) is 4.99 Å². The molecule has 7 aliphatic rings. The fraction of sp³-hybridized carbons (Fsp3) is 0.327. The van der Waals surface area contributed by atoms with Gasteiger partial charge in [0.15, 0.2) is 0 Å². The van der Waals surface area contributed by atoms with Crippen LogP contribution >= 0.6 is 11.8 Å². The summed E-state index contributed by atoms with van der Waals surface area (Å²) in [5, 5.41) is 3.88. The molecule has 11 rings (SSSR count). The highest BCUT2D eigenvalue weighted by molar-refractivity contribution is 8.08. The zero-order chi connectivity index (χ0) is 34.6. The van der Waals surface area contributed by atoms with Crippen LogP contribution in [-0.2, 0) is 10.8 Å². The van der Waals surface area contributed by atoms with Gasteiger partial charge in [-0.05, 0) is 99.1 Å². The van der Waals surface area contributed by atoms with E-state index in [1.54, 1.807) is 16.7 Å². The monoisotopic (exact) mass is 694 g/mol. The van der Waals surface area contributed by atoms with E-state index in [-0.39, 0.29) is 11.6 Å². The predicted octanol–water partition coefficient (Wildman–Crippen LogP) is 12.3. The van der Waals surface area contributed by atoms with Crippen molar-refractivity contribution in [2.75, 3.05) is 0 Å². The minimum absolute atomic E-state index is 0.00138. The molecule has 258 valence electrons. The van der Waals surface area contributed by atoms with Gasteiger partial charge in [0, 0.05) is 33.9 Å². The lowest BCUT2D eigenvalue weighted by molar-refractivity contribution is 0.232. The quantitative estimate of drug-likeness (QED) is 0.231. The zero-order valence-electron chi connectivity index (χ0n) is 30.3. The number of nitrogens with zero attached hydrogens (tertiary/aromatic N) is 1. The molecule has 4 aromatic rings. The molecule has 4 aromatic carbocycles. The van der Waals surface area contributed by atoms with Crippen molar-refractivity contribution in [2.24, 2.45) is 16.8 Å². The van der Waals surface area contributed by atoms with Gasteiger partial charge in [-0.15, -0.1) is 0 Å². The molecular formula is C49H46N2S. The van der Waals surface area contributed by atoms with E-state index in [9.17, 15) is 0 Å². The Hall–Kier alpha value is -4.34. The topological polar surface area (TPSA) is 24.4 Å². The number of fused-ring (bicyclic) bond motifs is 10. The van der Waals surface area contributed by atoms with Gasteiger partial charge in [-0.1, -0.05) is 154 Å². The maximum atomic E-state index is 5.39. The molecule has 2 heterocycles. The Balaban J connectivity index is 0.958. The molecule has 1 fully saturated rings. The van der Waals surface area contributed by atoms with Crippen LogP contribution in [0.3, 0.4) is 0 Å². The van der Waals surface area contributed by atoms with Crippen LogP contribution in [0, 0.1) is 11.8 Å². The molecule has 0 aromatic heterocycles. The van der Waals surface area contributed by atoms with E-state index in [2.05, 4.69) is 134 Å². The van der Waals surface area contributed by atoms with Gasteiger partial charge in [0.05, 0.1) is 10.6 Å². The van der Waals surface area contributed by atoms with Crippen molar-refractivity contribution in [3.8, 4) is 11.1 Å². The van der Waals surface area contributed by atoms with Gasteiger partial charge in [0.2, 0.25) is 0 Å². The van der Waals surface area contributed by atoms with E-state index >= 15 is 0 Å².